The zero-order valence-corrected chi connectivity index (χ0v) is 15.5. The van der Waals surface area contributed by atoms with Crippen LogP contribution >= 0.6 is 11.6 Å². The molecule has 2 heterocycles. The Bertz CT molecular complexity index is 1030. The van der Waals surface area contributed by atoms with Crippen molar-refractivity contribution < 1.29 is 27.4 Å². The average molecular weight is 425 g/mol. The third kappa shape index (κ3) is 4.96. The topological polar surface area (TPSA) is 87.1 Å². The van der Waals surface area contributed by atoms with E-state index in [9.17, 15) is 18.0 Å². The predicted molar refractivity (Wildman–Crippen MR) is 95.5 cm³/mol. The molecule has 0 saturated heterocycles. The molecule has 0 fully saturated rings. The lowest BCUT2D eigenvalue weighted by Gasteiger charge is -2.11. The zero-order chi connectivity index (χ0) is 21.0. The van der Waals surface area contributed by atoms with E-state index in [1.54, 1.807) is 6.92 Å². The Balaban J connectivity index is 2.04. The molecule has 0 radical (unpaired) electrons. The van der Waals surface area contributed by atoms with Gasteiger partial charge in [0.1, 0.15) is 10.9 Å². The molecule has 1 aromatic carbocycles. The fraction of sp³-hybridized carbons (Fsp3) is 0.167. The van der Waals surface area contributed by atoms with E-state index in [1.807, 2.05) is 0 Å². The van der Waals surface area contributed by atoms with Gasteiger partial charge in [-0.3, -0.25) is 0 Å². The molecule has 0 aliphatic rings. The molecule has 0 spiro atoms. The summed E-state index contributed by atoms with van der Waals surface area (Å²) in [5, 5.41) is 7.70. The van der Waals surface area contributed by atoms with E-state index in [0.29, 0.717) is 0 Å². The number of ether oxygens (including phenoxy) is 2. The molecule has 3 rings (SSSR count). The number of esters is 1. The number of hydrogen-bond donors (Lipinski definition) is 0. The van der Waals surface area contributed by atoms with Gasteiger partial charge in [-0.25, -0.2) is 9.78 Å². The molecule has 7 nitrogen and oxygen atoms in total. The molecular formula is C18H12ClF3N4O3. The number of alkyl halides is 3. The summed E-state index contributed by atoms with van der Waals surface area (Å²) in [6.07, 6.45) is -3.26. The minimum Gasteiger partial charge on any atom is -0.461 e. The number of carbonyl (C=O) groups is 1. The van der Waals surface area contributed by atoms with Crippen LogP contribution < -0.4 is 4.74 Å². The van der Waals surface area contributed by atoms with Crippen LogP contribution in [0.2, 0.25) is 5.15 Å². The summed E-state index contributed by atoms with van der Waals surface area (Å²) in [4.78, 5) is 20.0. The predicted octanol–water partition coefficient (Wildman–Crippen LogP) is 4.57. The van der Waals surface area contributed by atoms with Crippen molar-refractivity contribution in [1.29, 1.82) is 0 Å². The van der Waals surface area contributed by atoms with E-state index >= 15 is 0 Å². The van der Waals surface area contributed by atoms with Gasteiger partial charge in [0.15, 0.2) is 5.82 Å². The monoisotopic (exact) mass is 424 g/mol. The maximum Gasteiger partial charge on any atom is 0.416 e. The summed E-state index contributed by atoms with van der Waals surface area (Å²) in [6, 6.07) is 7.29. The van der Waals surface area contributed by atoms with Crippen molar-refractivity contribution in [3.05, 3.63) is 59.0 Å². The Hall–Kier alpha value is -3.27. The molecule has 0 N–H and O–H groups in total. The van der Waals surface area contributed by atoms with Gasteiger partial charge in [-0.1, -0.05) is 23.7 Å². The second-order valence-corrected chi connectivity index (χ2v) is 5.89. The van der Waals surface area contributed by atoms with Crippen molar-refractivity contribution in [1.82, 2.24) is 20.2 Å². The summed E-state index contributed by atoms with van der Waals surface area (Å²) < 4.78 is 49.4. The summed E-state index contributed by atoms with van der Waals surface area (Å²) in [5.74, 6) is -1.13. The summed E-state index contributed by atoms with van der Waals surface area (Å²) in [6.45, 7) is 1.66. The lowest BCUT2D eigenvalue weighted by Crippen LogP contribution is -2.12. The van der Waals surface area contributed by atoms with Crippen molar-refractivity contribution in [3.63, 3.8) is 0 Å². The lowest BCUT2D eigenvalue weighted by molar-refractivity contribution is -0.137. The molecule has 150 valence electrons. The van der Waals surface area contributed by atoms with Gasteiger partial charge in [0.25, 0.3) is 5.88 Å². The third-order valence-electron chi connectivity index (χ3n) is 3.49. The summed E-state index contributed by atoms with van der Waals surface area (Å²) in [5.41, 5.74) is -1.17. The number of carbonyl (C=O) groups excluding carboxylic acids is 1. The molecule has 0 aliphatic heterocycles. The van der Waals surface area contributed by atoms with Crippen LogP contribution in [0.4, 0.5) is 13.2 Å². The average Bonchev–Trinajstić information content (AvgIpc) is 2.69. The van der Waals surface area contributed by atoms with Gasteiger partial charge in [0.2, 0.25) is 5.69 Å². The second kappa shape index (κ2) is 8.39. The van der Waals surface area contributed by atoms with Crippen molar-refractivity contribution in [2.75, 3.05) is 6.61 Å². The minimum absolute atomic E-state index is 0.0433. The standard InChI is InChI=1S/C18H12ClF3N4O3/c1-2-28-17(27)14-16(29-12-6-7-13(19)23-9-12)24-15(26-25-14)10-4-3-5-11(8-10)18(20,21)22/h3-9H,2H2,1H3. The van der Waals surface area contributed by atoms with Crippen LogP contribution in [0.3, 0.4) is 0 Å². The Morgan fingerprint density at radius 1 is 1.17 bits per heavy atom. The van der Waals surface area contributed by atoms with Crippen LogP contribution in [-0.4, -0.2) is 32.7 Å². The highest BCUT2D eigenvalue weighted by atomic mass is 35.5. The van der Waals surface area contributed by atoms with Crippen molar-refractivity contribution in [2.45, 2.75) is 13.1 Å². The molecule has 0 aliphatic carbocycles. The molecule has 3 aromatic rings. The Kier molecular flexibility index (Phi) is 5.92. The van der Waals surface area contributed by atoms with Crippen molar-refractivity contribution in [2.24, 2.45) is 0 Å². The van der Waals surface area contributed by atoms with E-state index in [-0.39, 0.29) is 40.5 Å². The molecule has 2 aromatic heterocycles. The molecule has 0 unspecified atom stereocenters. The maximum atomic E-state index is 13.0. The molecule has 0 saturated carbocycles. The molecule has 11 heteroatoms. The Morgan fingerprint density at radius 3 is 2.62 bits per heavy atom. The van der Waals surface area contributed by atoms with Crippen LogP contribution in [0.15, 0.2) is 42.6 Å². The number of halogens is 4. The smallest absolute Gasteiger partial charge is 0.416 e. The first kappa shape index (κ1) is 20.5. The number of pyridine rings is 1. The highest BCUT2D eigenvalue weighted by Gasteiger charge is 2.31. The van der Waals surface area contributed by atoms with Gasteiger partial charge in [-0.15, -0.1) is 10.2 Å². The molecule has 0 bridgehead atoms. The second-order valence-electron chi connectivity index (χ2n) is 5.51. The van der Waals surface area contributed by atoms with Gasteiger partial charge in [-0.05, 0) is 31.2 Å². The summed E-state index contributed by atoms with van der Waals surface area (Å²) >= 11 is 5.72. The van der Waals surface area contributed by atoms with Crippen LogP contribution in [0.5, 0.6) is 11.6 Å². The van der Waals surface area contributed by atoms with Crippen molar-refractivity contribution in [3.8, 4) is 23.0 Å². The van der Waals surface area contributed by atoms with E-state index in [4.69, 9.17) is 21.1 Å². The number of rotatable bonds is 5. The number of hydrogen-bond acceptors (Lipinski definition) is 7. The Labute approximate surface area is 167 Å². The molecular weight excluding hydrogens is 413 g/mol. The van der Waals surface area contributed by atoms with Crippen LogP contribution in [0, 0.1) is 0 Å². The number of aromatic nitrogens is 4. The fourth-order valence-electron chi connectivity index (χ4n) is 2.20. The fourth-order valence-corrected chi connectivity index (χ4v) is 2.31. The first-order valence-electron chi connectivity index (χ1n) is 8.17. The first-order chi connectivity index (χ1) is 13.8. The molecule has 0 amide bonds. The SMILES string of the molecule is CCOC(=O)c1nnc(-c2cccc(C(F)(F)F)c2)nc1Oc1ccc(Cl)nc1. The normalized spacial score (nSPS) is 11.2. The minimum atomic E-state index is -4.54. The van der Waals surface area contributed by atoms with Gasteiger partial charge in [-0.2, -0.15) is 18.2 Å². The van der Waals surface area contributed by atoms with E-state index < -0.39 is 17.7 Å². The van der Waals surface area contributed by atoms with Gasteiger partial charge < -0.3 is 9.47 Å². The first-order valence-corrected chi connectivity index (χ1v) is 8.54. The summed E-state index contributed by atoms with van der Waals surface area (Å²) in [7, 11) is 0. The van der Waals surface area contributed by atoms with Crippen LogP contribution in [0.25, 0.3) is 11.4 Å². The van der Waals surface area contributed by atoms with Gasteiger partial charge in [0.05, 0.1) is 18.4 Å². The van der Waals surface area contributed by atoms with Crippen LogP contribution in [-0.2, 0) is 10.9 Å². The highest BCUT2D eigenvalue weighted by molar-refractivity contribution is 6.29. The van der Waals surface area contributed by atoms with E-state index in [2.05, 4.69) is 20.2 Å². The quantitative estimate of drug-likeness (QED) is 0.437. The molecule has 0 atom stereocenters. The van der Waals surface area contributed by atoms with E-state index in [1.165, 1.54) is 30.5 Å². The third-order valence-corrected chi connectivity index (χ3v) is 3.71. The zero-order valence-electron chi connectivity index (χ0n) is 14.8. The van der Waals surface area contributed by atoms with Gasteiger partial charge >= 0.3 is 12.1 Å². The Morgan fingerprint density at radius 2 is 1.97 bits per heavy atom. The van der Waals surface area contributed by atoms with Crippen LogP contribution in [0.1, 0.15) is 23.0 Å². The highest BCUT2D eigenvalue weighted by Crippen LogP contribution is 2.32. The molecule has 29 heavy (non-hydrogen) atoms. The largest absolute Gasteiger partial charge is 0.461 e. The van der Waals surface area contributed by atoms with Crippen molar-refractivity contribution >= 4 is 17.6 Å². The number of benzene rings is 1. The maximum absolute atomic E-state index is 13.0. The van der Waals surface area contributed by atoms with E-state index in [0.717, 1.165) is 12.1 Å². The number of nitrogens with zero attached hydrogens (tertiary/aromatic N) is 4. The lowest BCUT2D eigenvalue weighted by atomic mass is 10.1. The van der Waals surface area contributed by atoms with Gasteiger partial charge in [0, 0.05) is 5.56 Å².